The van der Waals surface area contributed by atoms with Crippen LogP contribution in [0.4, 0.5) is 5.82 Å². The summed E-state index contributed by atoms with van der Waals surface area (Å²) in [6.07, 6.45) is 1.85. The number of pyridine rings is 1. The number of fused-ring (bicyclic) bond motifs is 1. The van der Waals surface area contributed by atoms with E-state index in [0.29, 0.717) is 17.4 Å². The Bertz CT molecular complexity index is 984. The van der Waals surface area contributed by atoms with E-state index in [1.54, 1.807) is 22.6 Å². The van der Waals surface area contributed by atoms with Crippen molar-refractivity contribution in [2.45, 2.75) is 32.1 Å². The molecule has 1 aromatic carbocycles. The van der Waals surface area contributed by atoms with Gasteiger partial charge in [-0.05, 0) is 50.6 Å². The van der Waals surface area contributed by atoms with Crippen LogP contribution in [0.2, 0.25) is 0 Å². The van der Waals surface area contributed by atoms with Crippen LogP contribution in [-0.4, -0.2) is 32.5 Å². The molecule has 4 rings (SSSR count). The Balaban J connectivity index is 1.77. The van der Waals surface area contributed by atoms with Crippen molar-refractivity contribution in [3.8, 4) is 11.6 Å². The van der Waals surface area contributed by atoms with Gasteiger partial charge < -0.3 is 10.1 Å². The number of amides is 1. The Kier molecular flexibility index (Phi) is 5.09. The third-order valence-electron chi connectivity index (χ3n) is 4.43. The zero-order chi connectivity index (χ0) is 19.7. The van der Waals surface area contributed by atoms with E-state index in [0.717, 1.165) is 22.6 Å². The highest BCUT2D eigenvalue weighted by atomic mass is 32.2. The largest absolute Gasteiger partial charge is 0.491 e. The van der Waals surface area contributed by atoms with Gasteiger partial charge in [-0.25, -0.2) is 4.98 Å². The van der Waals surface area contributed by atoms with Gasteiger partial charge in [0.05, 0.1) is 22.8 Å². The molecule has 0 fully saturated rings. The Hall–Kier alpha value is -2.80. The molecule has 7 heteroatoms. The minimum absolute atomic E-state index is 0.000452. The minimum Gasteiger partial charge on any atom is -0.491 e. The van der Waals surface area contributed by atoms with Gasteiger partial charge in [0.25, 0.3) is 0 Å². The molecule has 1 atom stereocenters. The number of thioether (sulfide) groups is 1. The molecule has 0 saturated carbocycles. The molecule has 0 bridgehead atoms. The first-order chi connectivity index (χ1) is 13.5. The van der Waals surface area contributed by atoms with Gasteiger partial charge in [0.2, 0.25) is 5.91 Å². The maximum Gasteiger partial charge on any atom is 0.235 e. The van der Waals surface area contributed by atoms with Crippen LogP contribution in [0.5, 0.6) is 5.75 Å². The highest BCUT2D eigenvalue weighted by molar-refractivity contribution is 8.00. The summed E-state index contributed by atoms with van der Waals surface area (Å²) in [5, 5.41) is 7.70. The summed E-state index contributed by atoms with van der Waals surface area (Å²) in [4.78, 5) is 16.8. The summed E-state index contributed by atoms with van der Waals surface area (Å²) in [6, 6.07) is 13.7. The zero-order valence-electron chi connectivity index (χ0n) is 16.0. The normalized spacial score (nSPS) is 16.4. The highest BCUT2D eigenvalue weighted by Crippen LogP contribution is 2.43. The molecule has 2 aromatic heterocycles. The second-order valence-corrected chi connectivity index (χ2v) is 8.02. The van der Waals surface area contributed by atoms with Crippen molar-refractivity contribution in [1.82, 2.24) is 14.8 Å². The van der Waals surface area contributed by atoms with E-state index < -0.39 is 0 Å². The number of anilines is 1. The lowest BCUT2D eigenvalue weighted by Crippen LogP contribution is -2.16. The smallest absolute Gasteiger partial charge is 0.235 e. The Labute approximate surface area is 168 Å². The van der Waals surface area contributed by atoms with Gasteiger partial charge in [-0.2, -0.15) is 9.78 Å². The summed E-state index contributed by atoms with van der Waals surface area (Å²) < 4.78 is 7.48. The molecule has 0 saturated heterocycles. The fourth-order valence-electron chi connectivity index (χ4n) is 3.29. The first kappa shape index (κ1) is 18.6. The summed E-state index contributed by atoms with van der Waals surface area (Å²) in [5.74, 6) is 2.56. The number of aryl methyl sites for hydroxylation is 1. The third-order valence-corrected chi connectivity index (χ3v) is 5.70. The Morgan fingerprint density at radius 3 is 2.68 bits per heavy atom. The van der Waals surface area contributed by atoms with Crippen molar-refractivity contribution in [1.29, 1.82) is 0 Å². The maximum absolute atomic E-state index is 12.4. The van der Waals surface area contributed by atoms with Gasteiger partial charge in [0, 0.05) is 11.8 Å². The molecule has 1 aliphatic rings. The van der Waals surface area contributed by atoms with Crippen molar-refractivity contribution < 1.29 is 9.53 Å². The van der Waals surface area contributed by atoms with E-state index in [1.807, 2.05) is 51.1 Å². The van der Waals surface area contributed by atoms with Crippen LogP contribution in [0, 0.1) is 6.92 Å². The molecule has 0 radical (unpaired) electrons. The van der Waals surface area contributed by atoms with Crippen LogP contribution in [0.25, 0.3) is 5.82 Å². The molecule has 3 heterocycles. The Morgan fingerprint density at radius 2 is 2.00 bits per heavy atom. The number of nitrogens with one attached hydrogen (secondary N) is 1. The lowest BCUT2D eigenvalue weighted by molar-refractivity contribution is -0.113. The topological polar surface area (TPSA) is 69.0 Å². The number of benzene rings is 1. The fourth-order valence-corrected chi connectivity index (χ4v) is 4.47. The number of carbonyl (C=O) groups excluding carboxylic acids is 1. The lowest BCUT2D eigenvalue weighted by atomic mass is 10.0. The number of nitrogens with zero attached hydrogens (tertiary/aromatic N) is 3. The average molecular weight is 395 g/mol. The molecule has 1 amide bonds. The third kappa shape index (κ3) is 3.62. The maximum atomic E-state index is 12.4. The standard InChI is InChI=1S/C21H22N4O2S/c1-13(2)27-16-9-7-15(8-10-16)20-19-14(3)24-25(17-6-4-5-11-22-17)21(19)23-18(26)12-28-20/h4-11,13,20H,12H2,1-3H3,(H,23,26)/t20-/m0/s1. The van der Waals surface area contributed by atoms with E-state index >= 15 is 0 Å². The molecule has 6 nitrogen and oxygen atoms in total. The second kappa shape index (κ2) is 7.67. The van der Waals surface area contributed by atoms with Gasteiger partial charge in [0.1, 0.15) is 11.6 Å². The highest BCUT2D eigenvalue weighted by Gasteiger charge is 2.30. The predicted octanol–water partition coefficient (Wildman–Crippen LogP) is 4.14. The van der Waals surface area contributed by atoms with E-state index in [9.17, 15) is 4.79 Å². The summed E-state index contributed by atoms with van der Waals surface area (Å²) in [7, 11) is 0. The van der Waals surface area contributed by atoms with Gasteiger partial charge in [0.15, 0.2) is 5.82 Å². The van der Waals surface area contributed by atoms with E-state index in [2.05, 4.69) is 27.5 Å². The van der Waals surface area contributed by atoms with Gasteiger partial charge in [-0.15, -0.1) is 11.8 Å². The lowest BCUT2D eigenvalue weighted by Gasteiger charge is -2.16. The number of hydrogen-bond donors (Lipinski definition) is 1. The quantitative estimate of drug-likeness (QED) is 0.720. The Morgan fingerprint density at radius 1 is 1.21 bits per heavy atom. The van der Waals surface area contributed by atoms with E-state index in [4.69, 9.17) is 4.74 Å². The molecule has 0 spiro atoms. The summed E-state index contributed by atoms with van der Waals surface area (Å²) in [5.41, 5.74) is 3.00. The number of carbonyl (C=O) groups is 1. The SMILES string of the molecule is Cc1nn(-c2ccccn2)c2c1[C@H](c1ccc(OC(C)C)cc1)SCC(=O)N2. The van der Waals surface area contributed by atoms with Crippen LogP contribution < -0.4 is 10.1 Å². The summed E-state index contributed by atoms with van der Waals surface area (Å²) in [6.45, 7) is 5.99. The molecule has 1 N–H and O–H groups in total. The van der Waals surface area contributed by atoms with Crippen LogP contribution >= 0.6 is 11.8 Å². The van der Waals surface area contributed by atoms with Crippen LogP contribution in [-0.2, 0) is 4.79 Å². The van der Waals surface area contributed by atoms with Crippen molar-refractivity contribution in [2.75, 3.05) is 11.1 Å². The van der Waals surface area contributed by atoms with Crippen LogP contribution in [0.1, 0.15) is 35.9 Å². The number of rotatable bonds is 4. The van der Waals surface area contributed by atoms with Gasteiger partial charge >= 0.3 is 0 Å². The molecule has 0 unspecified atom stereocenters. The van der Waals surface area contributed by atoms with Gasteiger partial charge in [-0.3, -0.25) is 4.79 Å². The van der Waals surface area contributed by atoms with Crippen LogP contribution in [0.15, 0.2) is 48.7 Å². The molecule has 0 aliphatic carbocycles. The van der Waals surface area contributed by atoms with Gasteiger partial charge in [-0.1, -0.05) is 18.2 Å². The van der Waals surface area contributed by atoms with Crippen molar-refractivity contribution in [2.24, 2.45) is 0 Å². The van der Waals surface area contributed by atoms with E-state index in [1.165, 1.54) is 0 Å². The average Bonchev–Trinajstić information content (AvgIpc) is 2.89. The first-order valence-corrected chi connectivity index (χ1v) is 10.3. The van der Waals surface area contributed by atoms with Crippen molar-refractivity contribution >= 4 is 23.5 Å². The minimum atomic E-state index is -0.0365. The van der Waals surface area contributed by atoms with Crippen molar-refractivity contribution in [3.63, 3.8) is 0 Å². The van der Waals surface area contributed by atoms with E-state index in [-0.39, 0.29) is 17.3 Å². The molecular weight excluding hydrogens is 372 g/mol. The predicted molar refractivity (Wildman–Crippen MR) is 111 cm³/mol. The molecular formula is C21H22N4O2S. The first-order valence-electron chi connectivity index (χ1n) is 9.22. The monoisotopic (exact) mass is 394 g/mol. The molecule has 144 valence electrons. The number of hydrogen-bond acceptors (Lipinski definition) is 5. The zero-order valence-corrected chi connectivity index (χ0v) is 16.9. The molecule has 1 aliphatic heterocycles. The summed E-state index contributed by atoms with van der Waals surface area (Å²) >= 11 is 1.60. The fraction of sp³-hybridized carbons (Fsp3) is 0.286. The molecule has 3 aromatic rings. The molecule has 28 heavy (non-hydrogen) atoms. The number of aromatic nitrogens is 3. The number of ether oxygens (including phenoxy) is 1. The second-order valence-electron chi connectivity index (χ2n) is 6.92. The van der Waals surface area contributed by atoms with Crippen LogP contribution in [0.3, 0.4) is 0 Å². The van der Waals surface area contributed by atoms with Crippen molar-refractivity contribution in [3.05, 3.63) is 65.5 Å².